The number of carboxylic acids is 1. The molecule has 0 aliphatic rings. The second kappa shape index (κ2) is 6.29. The number of sulfonamides is 1. The molecule has 1 aromatic carbocycles. The third kappa shape index (κ3) is 3.75. The number of carboxylic acid groups (broad SMARTS) is 1. The molecule has 8 heteroatoms. The summed E-state index contributed by atoms with van der Waals surface area (Å²) in [4.78, 5) is 10.5. The van der Waals surface area contributed by atoms with E-state index in [1.807, 2.05) is 0 Å². The Labute approximate surface area is 116 Å². The fraction of sp³-hybridized carbons (Fsp3) is 0.417. The van der Waals surface area contributed by atoms with Crippen molar-refractivity contribution in [2.24, 2.45) is 0 Å². The molecule has 6 nitrogen and oxygen atoms in total. The number of halogens is 1. The van der Waals surface area contributed by atoms with E-state index in [0.29, 0.717) is 0 Å². The van der Waals surface area contributed by atoms with E-state index < -0.39 is 38.3 Å². The zero-order valence-electron chi connectivity index (χ0n) is 11.3. The number of benzene rings is 1. The average molecular weight is 305 g/mol. The Hall–Kier alpha value is -1.51. The lowest BCUT2D eigenvalue weighted by molar-refractivity contribution is 0.0696. The van der Waals surface area contributed by atoms with E-state index in [0.717, 1.165) is 12.1 Å². The second-order valence-corrected chi connectivity index (χ2v) is 6.05. The van der Waals surface area contributed by atoms with E-state index in [9.17, 15) is 17.6 Å². The Kier molecular flexibility index (Phi) is 5.21. The van der Waals surface area contributed by atoms with Crippen molar-refractivity contribution in [1.82, 2.24) is 4.72 Å². The van der Waals surface area contributed by atoms with Gasteiger partial charge in [0.2, 0.25) is 10.0 Å². The third-order valence-electron chi connectivity index (χ3n) is 2.61. The van der Waals surface area contributed by atoms with E-state index in [2.05, 4.69) is 4.72 Å². The van der Waals surface area contributed by atoms with Crippen molar-refractivity contribution in [2.45, 2.75) is 24.8 Å². The lowest BCUT2D eigenvalue weighted by Crippen LogP contribution is -2.36. The zero-order valence-corrected chi connectivity index (χ0v) is 12.1. The molecule has 112 valence electrons. The lowest BCUT2D eigenvalue weighted by Gasteiger charge is -2.15. The lowest BCUT2D eigenvalue weighted by atomic mass is 10.1. The molecule has 2 N–H and O–H groups in total. The van der Waals surface area contributed by atoms with E-state index in [4.69, 9.17) is 9.84 Å². The predicted octanol–water partition coefficient (Wildman–Crippen LogP) is 1.15. The van der Waals surface area contributed by atoms with Gasteiger partial charge in [-0.1, -0.05) is 0 Å². The number of rotatable bonds is 6. The van der Waals surface area contributed by atoms with Crippen LogP contribution in [0.1, 0.15) is 22.8 Å². The van der Waals surface area contributed by atoms with Crippen LogP contribution in [0, 0.1) is 12.7 Å². The summed E-state index contributed by atoms with van der Waals surface area (Å²) in [6.07, 6.45) is 0. The molecule has 0 fully saturated rings. The molecule has 0 amide bonds. The minimum absolute atomic E-state index is 0.132. The number of carbonyl (C=O) groups is 1. The van der Waals surface area contributed by atoms with Gasteiger partial charge in [-0.15, -0.1) is 0 Å². The Morgan fingerprint density at radius 3 is 2.60 bits per heavy atom. The highest BCUT2D eigenvalue weighted by molar-refractivity contribution is 7.89. The Morgan fingerprint density at radius 2 is 2.10 bits per heavy atom. The first-order valence-electron chi connectivity index (χ1n) is 5.73. The Balaban J connectivity index is 3.27. The first kappa shape index (κ1) is 16.5. The van der Waals surface area contributed by atoms with E-state index in [-0.39, 0.29) is 12.2 Å². The maximum atomic E-state index is 13.6. The van der Waals surface area contributed by atoms with Crippen molar-refractivity contribution >= 4 is 16.0 Å². The van der Waals surface area contributed by atoms with Crippen molar-refractivity contribution in [3.8, 4) is 0 Å². The molecular formula is C12H16FNO5S. The molecule has 0 spiro atoms. The molecular weight excluding hydrogens is 289 g/mol. The minimum Gasteiger partial charge on any atom is -0.478 e. The van der Waals surface area contributed by atoms with Crippen molar-refractivity contribution in [2.75, 3.05) is 13.7 Å². The maximum Gasteiger partial charge on any atom is 0.335 e. The Bertz CT molecular complexity index is 615. The fourth-order valence-corrected chi connectivity index (χ4v) is 3.18. The molecule has 0 saturated carbocycles. The van der Waals surface area contributed by atoms with Gasteiger partial charge in [-0.25, -0.2) is 22.3 Å². The molecule has 0 aromatic heterocycles. The molecule has 1 atom stereocenters. The van der Waals surface area contributed by atoms with Crippen molar-refractivity contribution in [3.63, 3.8) is 0 Å². The van der Waals surface area contributed by atoms with Crippen LogP contribution in [0.5, 0.6) is 0 Å². The minimum atomic E-state index is -4.02. The van der Waals surface area contributed by atoms with Gasteiger partial charge in [-0.3, -0.25) is 0 Å². The summed E-state index contributed by atoms with van der Waals surface area (Å²) in [5, 5.41) is 8.85. The standard InChI is InChI=1S/C12H16FNO5S/c1-7(6-19-3)14-20(17,18)11-5-9(12(15)16)4-10(13)8(11)2/h4-5,7,14H,6H2,1-3H3,(H,15,16). The smallest absolute Gasteiger partial charge is 0.335 e. The highest BCUT2D eigenvalue weighted by Crippen LogP contribution is 2.21. The van der Waals surface area contributed by atoms with Gasteiger partial charge >= 0.3 is 5.97 Å². The molecule has 0 saturated heterocycles. The van der Waals surface area contributed by atoms with Crippen LogP contribution in [0.3, 0.4) is 0 Å². The third-order valence-corrected chi connectivity index (χ3v) is 4.32. The van der Waals surface area contributed by atoms with Gasteiger partial charge in [-0.2, -0.15) is 0 Å². The summed E-state index contributed by atoms with van der Waals surface area (Å²) in [5.41, 5.74) is -0.556. The number of hydrogen-bond donors (Lipinski definition) is 2. The van der Waals surface area contributed by atoms with Gasteiger partial charge in [0, 0.05) is 18.7 Å². The normalized spacial score (nSPS) is 13.2. The van der Waals surface area contributed by atoms with Crippen LogP contribution in [-0.2, 0) is 14.8 Å². The zero-order chi connectivity index (χ0) is 15.5. The molecule has 20 heavy (non-hydrogen) atoms. The van der Waals surface area contributed by atoms with Crippen LogP contribution in [0.25, 0.3) is 0 Å². The summed E-state index contributed by atoms with van der Waals surface area (Å²) in [7, 11) is -2.61. The summed E-state index contributed by atoms with van der Waals surface area (Å²) in [6, 6.07) is 1.19. The summed E-state index contributed by atoms with van der Waals surface area (Å²) < 4.78 is 45.0. The SMILES string of the molecule is COCC(C)NS(=O)(=O)c1cc(C(=O)O)cc(F)c1C. The Morgan fingerprint density at radius 1 is 1.50 bits per heavy atom. The number of ether oxygens (including phenoxy) is 1. The van der Waals surface area contributed by atoms with Crippen molar-refractivity contribution < 1.29 is 27.4 Å². The fourth-order valence-electron chi connectivity index (χ4n) is 1.67. The van der Waals surface area contributed by atoms with Crippen LogP contribution >= 0.6 is 0 Å². The van der Waals surface area contributed by atoms with E-state index >= 15 is 0 Å². The number of nitrogens with one attached hydrogen (secondary N) is 1. The molecule has 0 aliphatic carbocycles. The maximum absolute atomic E-state index is 13.6. The number of methoxy groups -OCH3 is 1. The number of hydrogen-bond acceptors (Lipinski definition) is 4. The second-order valence-electron chi connectivity index (χ2n) is 4.36. The topological polar surface area (TPSA) is 92.7 Å². The van der Waals surface area contributed by atoms with Crippen LogP contribution in [0.2, 0.25) is 0 Å². The highest BCUT2D eigenvalue weighted by Gasteiger charge is 2.23. The van der Waals surface area contributed by atoms with Gasteiger partial charge in [0.15, 0.2) is 0 Å². The van der Waals surface area contributed by atoms with Gasteiger partial charge in [0.1, 0.15) is 5.82 Å². The van der Waals surface area contributed by atoms with Gasteiger partial charge in [0.05, 0.1) is 17.1 Å². The molecule has 1 aromatic rings. The molecule has 0 aliphatic heterocycles. The van der Waals surface area contributed by atoms with Crippen LogP contribution in [-0.4, -0.2) is 39.3 Å². The van der Waals surface area contributed by atoms with Crippen LogP contribution < -0.4 is 4.72 Å². The van der Waals surface area contributed by atoms with Crippen molar-refractivity contribution in [1.29, 1.82) is 0 Å². The predicted molar refractivity (Wildman–Crippen MR) is 69.8 cm³/mol. The highest BCUT2D eigenvalue weighted by atomic mass is 32.2. The van der Waals surface area contributed by atoms with Gasteiger partial charge in [0.25, 0.3) is 0 Å². The largest absolute Gasteiger partial charge is 0.478 e. The monoisotopic (exact) mass is 305 g/mol. The molecule has 0 radical (unpaired) electrons. The molecule has 0 heterocycles. The average Bonchev–Trinajstić information content (AvgIpc) is 2.31. The van der Waals surface area contributed by atoms with Crippen LogP contribution in [0.4, 0.5) is 4.39 Å². The van der Waals surface area contributed by atoms with Gasteiger partial charge in [-0.05, 0) is 26.0 Å². The first-order chi connectivity index (χ1) is 9.19. The summed E-state index contributed by atoms with van der Waals surface area (Å²) in [6.45, 7) is 2.99. The number of aromatic carboxylic acids is 1. The van der Waals surface area contributed by atoms with E-state index in [1.165, 1.54) is 14.0 Å². The first-order valence-corrected chi connectivity index (χ1v) is 7.22. The van der Waals surface area contributed by atoms with E-state index in [1.54, 1.807) is 6.92 Å². The van der Waals surface area contributed by atoms with Crippen LogP contribution in [0.15, 0.2) is 17.0 Å². The van der Waals surface area contributed by atoms with Gasteiger partial charge < -0.3 is 9.84 Å². The molecule has 1 rings (SSSR count). The molecule has 0 bridgehead atoms. The van der Waals surface area contributed by atoms with Crippen molar-refractivity contribution in [3.05, 3.63) is 29.1 Å². The quantitative estimate of drug-likeness (QED) is 0.822. The summed E-state index contributed by atoms with van der Waals surface area (Å²) >= 11 is 0. The summed E-state index contributed by atoms with van der Waals surface area (Å²) in [5.74, 6) is -2.28. The molecule has 1 unspecified atom stereocenters.